The number of urea groups is 1. The minimum atomic E-state index is -0.136. The molecule has 0 unspecified atom stereocenters. The van der Waals surface area contributed by atoms with E-state index in [1.54, 1.807) is 13.4 Å². The van der Waals surface area contributed by atoms with Crippen LogP contribution in [-0.2, 0) is 16.7 Å². The van der Waals surface area contributed by atoms with Crippen molar-refractivity contribution in [3.05, 3.63) is 54.0 Å². The summed E-state index contributed by atoms with van der Waals surface area (Å²) in [6, 6.07) is 12.2. The molecule has 2 saturated heterocycles. The quantitative estimate of drug-likeness (QED) is 0.711. The van der Waals surface area contributed by atoms with Gasteiger partial charge in [0.05, 0.1) is 19.9 Å². The number of nitrogens with zero attached hydrogens (tertiary/aromatic N) is 2. The number of amides is 2. The number of furan rings is 1. The molecule has 2 aliphatic heterocycles. The maximum absolute atomic E-state index is 13.5. The Bertz CT molecular complexity index is 839. The number of piperidine rings is 1. The van der Waals surface area contributed by atoms with E-state index in [2.05, 4.69) is 29.4 Å². The summed E-state index contributed by atoms with van der Waals surface area (Å²) in [7, 11) is 3.81. The minimum absolute atomic E-state index is 0.0182. The van der Waals surface area contributed by atoms with E-state index in [1.807, 2.05) is 29.2 Å². The lowest BCUT2D eigenvalue weighted by atomic mass is 9.74. The highest BCUT2D eigenvalue weighted by Crippen LogP contribution is 2.35. The van der Waals surface area contributed by atoms with Crippen LogP contribution in [-0.4, -0.2) is 68.9 Å². The van der Waals surface area contributed by atoms with E-state index in [0.29, 0.717) is 26.3 Å². The van der Waals surface area contributed by atoms with Gasteiger partial charge in [0.25, 0.3) is 0 Å². The Kier molecular flexibility index (Phi) is 7.37. The molecule has 1 aromatic heterocycles. The molecule has 4 rings (SSSR count). The summed E-state index contributed by atoms with van der Waals surface area (Å²) in [6.45, 7) is 4.48. The van der Waals surface area contributed by atoms with Gasteiger partial charge in [-0.15, -0.1) is 0 Å². The van der Waals surface area contributed by atoms with Crippen LogP contribution in [0, 0.1) is 0 Å². The molecule has 1 aromatic carbocycles. The molecule has 3 heterocycles. The maximum Gasteiger partial charge on any atom is 0.318 e. The first kappa shape index (κ1) is 22.7. The molecule has 2 fully saturated rings. The topological polar surface area (TPSA) is 67.2 Å². The smallest absolute Gasteiger partial charge is 0.318 e. The molecule has 0 atom stereocenters. The van der Waals surface area contributed by atoms with Crippen LogP contribution in [0.5, 0.6) is 5.75 Å². The van der Waals surface area contributed by atoms with Crippen LogP contribution < -0.4 is 10.1 Å². The van der Waals surface area contributed by atoms with Gasteiger partial charge < -0.3 is 29.0 Å². The number of methoxy groups -OCH3 is 1. The molecule has 7 nitrogen and oxygen atoms in total. The van der Waals surface area contributed by atoms with Crippen molar-refractivity contribution in [2.45, 2.75) is 43.7 Å². The van der Waals surface area contributed by atoms with Crippen molar-refractivity contribution in [2.24, 2.45) is 0 Å². The zero-order valence-electron chi connectivity index (χ0n) is 19.2. The number of hydrogen-bond acceptors (Lipinski definition) is 5. The number of ether oxygens (including phenoxy) is 2. The second-order valence-electron chi connectivity index (χ2n) is 9.02. The Morgan fingerprint density at radius 1 is 1.19 bits per heavy atom. The van der Waals surface area contributed by atoms with Gasteiger partial charge in [0.15, 0.2) is 0 Å². The molecule has 174 valence electrons. The Balaban J connectivity index is 1.49. The number of rotatable bonds is 7. The van der Waals surface area contributed by atoms with Gasteiger partial charge in [0, 0.05) is 31.2 Å². The van der Waals surface area contributed by atoms with E-state index in [0.717, 1.165) is 50.3 Å². The zero-order chi connectivity index (χ0) is 22.4. The molecule has 1 N–H and O–H groups in total. The molecule has 0 radical (unpaired) electrons. The van der Waals surface area contributed by atoms with E-state index in [9.17, 15) is 4.79 Å². The van der Waals surface area contributed by atoms with Crippen LogP contribution in [0.25, 0.3) is 0 Å². The van der Waals surface area contributed by atoms with Gasteiger partial charge in [0.1, 0.15) is 11.5 Å². The summed E-state index contributed by atoms with van der Waals surface area (Å²) in [4.78, 5) is 17.8. The van der Waals surface area contributed by atoms with Crippen molar-refractivity contribution in [3.63, 3.8) is 0 Å². The lowest BCUT2D eigenvalue weighted by Gasteiger charge is -2.40. The van der Waals surface area contributed by atoms with Crippen LogP contribution >= 0.6 is 0 Å². The first-order valence-corrected chi connectivity index (χ1v) is 11.6. The van der Waals surface area contributed by atoms with E-state index < -0.39 is 0 Å². The van der Waals surface area contributed by atoms with Gasteiger partial charge in [-0.1, -0.05) is 12.1 Å². The van der Waals surface area contributed by atoms with E-state index in [-0.39, 0.29) is 17.5 Å². The molecule has 7 heteroatoms. The molecular weight excluding hydrogens is 406 g/mol. The Hall–Kier alpha value is -2.51. The van der Waals surface area contributed by atoms with E-state index in [4.69, 9.17) is 13.9 Å². The molecule has 0 saturated carbocycles. The van der Waals surface area contributed by atoms with Crippen LogP contribution in [0.4, 0.5) is 4.79 Å². The Morgan fingerprint density at radius 2 is 1.91 bits per heavy atom. The molecule has 2 amide bonds. The standard InChI is InChI=1S/C25H35N3O4/c1-27-13-9-21(10-14-27)28(18-23-4-3-15-32-23)24(29)26-19-25(11-16-31-17-12-25)20-5-7-22(30-2)8-6-20/h3-8,15,21H,9-14,16-19H2,1-2H3,(H,26,29). The summed E-state index contributed by atoms with van der Waals surface area (Å²) < 4.78 is 16.6. The molecule has 32 heavy (non-hydrogen) atoms. The number of nitrogens with one attached hydrogen (secondary N) is 1. The van der Waals surface area contributed by atoms with Crippen LogP contribution in [0.3, 0.4) is 0 Å². The van der Waals surface area contributed by atoms with Gasteiger partial charge >= 0.3 is 6.03 Å². The largest absolute Gasteiger partial charge is 0.497 e. The lowest BCUT2D eigenvalue weighted by Crippen LogP contribution is -2.52. The Morgan fingerprint density at radius 3 is 2.53 bits per heavy atom. The maximum atomic E-state index is 13.5. The number of benzene rings is 1. The van der Waals surface area contributed by atoms with Crippen molar-refractivity contribution >= 4 is 6.03 Å². The molecule has 0 aliphatic carbocycles. The first-order chi connectivity index (χ1) is 15.6. The molecule has 0 spiro atoms. The number of hydrogen-bond donors (Lipinski definition) is 1. The summed E-state index contributed by atoms with van der Waals surface area (Å²) in [5.74, 6) is 1.65. The average Bonchev–Trinajstić information content (AvgIpc) is 3.36. The fourth-order valence-corrected chi connectivity index (χ4v) is 4.86. The van der Waals surface area contributed by atoms with Crippen molar-refractivity contribution in [1.82, 2.24) is 15.1 Å². The number of carbonyl (C=O) groups is 1. The SMILES string of the molecule is COc1ccc(C2(CNC(=O)N(Cc3ccco3)C3CCN(C)CC3)CCOCC2)cc1. The second kappa shape index (κ2) is 10.4. The monoisotopic (exact) mass is 441 g/mol. The highest BCUT2D eigenvalue weighted by molar-refractivity contribution is 5.74. The van der Waals surface area contributed by atoms with Crippen LogP contribution in [0.15, 0.2) is 47.1 Å². The lowest BCUT2D eigenvalue weighted by molar-refractivity contribution is 0.0492. The van der Waals surface area contributed by atoms with Gasteiger partial charge in [0.2, 0.25) is 0 Å². The average molecular weight is 442 g/mol. The van der Waals surface area contributed by atoms with Crippen LogP contribution in [0.1, 0.15) is 37.0 Å². The van der Waals surface area contributed by atoms with Crippen molar-refractivity contribution in [2.75, 3.05) is 47.0 Å². The van der Waals surface area contributed by atoms with Gasteiger partial charge in [-0.25, -0.2) is 4.79 Å². The minimum Gasteiger partial charge on any atom is -0.497 e. The highest BCUT2D eigenvalue weighted by Gasteiger charge is 2.36. The summed E-state index contributed by atoms with van der Waals surface area (Å²) in [5, 5.41) is 3.29. The third-order valence-electron chi connectivity index (χ3n) is 7.03. The van der Waals surface area contributed by atoms with E-state index >= 15 is 0 Å². The number of likely N-dealkylation sites (tertiary alicyclic amines) is 1. The summed E-state index contributed by atoms with van der Waals surface area (Å²) in [5.41, 5.74) is 1.09. The predicted molar refractivity (Wildman–Crippen MR) is 123 cm³/mol. The summed E-state index contributed by atoms with van der Waals surface area (Å²) in [6.07, 6.45) is 5.38. The van der Waals surface area contributed by atoms with Crippen LogP contribution in [0.2, 0.25) is 0 Å². The molecule has 0 bridgehead atoms. The number of carbonyl (C=O) groups excluding carboxylic acids is 1. The third kappa shape index (κ3) is 5.27. The fraction of sp³-hybridized carbons (Fsp3) is 0.560. The third-order valence-corrected chi connectivity index (χ3v) is 7.03. The van der Waals surface area contributed by atoms with E-state index in [1.165, 1.54) is 5.56 Å². The second-order valence-corrected chi connectivity index (χ2v) is 9.02. The molecule has 2 aliphatic rings. The summed E-state index contributed by atoms with van der Waals surface area (Å²) >= 11 is 0. The van der Waals surface area contributed by atoms with Gasteiger partial charge in [-0.2, -0.15) is 0 Å². The normalized spacial score (nSPS) is 19.4. The van der Waals surface area contributed by atoms with Gasteiger partial charge in [-0.05, 0) is 75.6 Å². The highest BCUT2D eigenvalue weighted by atomic mass is 16.5. The molecular formula is C25H35N3O4. The predicted octanol–water partition coefficient (Wildman–Crippen LogP) is 3.64. The first-order valence-electron chi connectivity index (χ1n) is 11.6. The van der Waals surface area contributed by atoms with Crippen molar-refractivity contribution in [1.29, 1.82) is 0 Å². The van der Waals surface area contributed by atoms with Crippen molar-refractivity contribution < 1.29 is 18.7 Å². The van der Waals surface area contributed by atoms with Crippen molar-refractivity contribution in [3.8, 4) is 5.75 Å². The molecule has 2 aromatic rings. The zero-order valence-corrected chi connectivity index (χ0v) is 19.2. The Labute approximate surface area is 190 Å². The van der Waals surface area contributed by atoms with Gasteiger partial charge in [-0.3, -0.25) is 0 Å². The fourth-order valence-electron chi connectivity index (χ4n) is 4.86.